The Morgan fingerprint density at radius 1 is 0.852 bits per heavy atom. The van der Waals surface area contributed by atoms with Crippen LogP contribution in [0.1, 0.15) is 13.8 Å². The molecule has 0 bridgehead atoms. The molecule has 2 rings (SSSR count). The lowest BCUT2D eigenvalue weighted by atomic mass is 10.1. The monoisotopic (exact) mass is 396 g/mol. The standard InChI is InChI=1S/C18H21ClN2O6/c1-5-24-15-13(26-17(22)20-3)11-8-7-10(19)9-12(11)14(16(15)25-6-2)27-18(23)21-4/h7-9H,5-6H2,1-4H3,(H,20,22)(H,21,23). The SMILES string of the molecule is CCOc1c(OCC)c(OC(=O)NC)c2cc(Cl)ccc2c1OC(=O)NC. The molecule has 0 aliphatic rings. The fourth-order valence-corrected chi connectivity index (χ4v) is 2.57. The van der Waals surface area contributed by atoms with E-state index in [0.29, 0.717) is 15.8 Å². The van der Waals surface area contributed by atoms with Gasteiger partial charge in [0, 0.05) is 29.9 Å². The van der Waals surface area contributed by atoms with Crippen molar-refractivity contribution in [3.05, 3.63) is 23.2 Å². The molecule has 146 valence electrons. The number of benzene rings is 2. The predicted octanol–water partition coefficient (Wildman–Crippen LogP) is 3.73. The number of hydrogen-bond acceptors (Lipinski definition) is 6. The van der Waals surface area contributed by atoms with Gasteiger partial charge in [-0.2, -0.15) is 0 Å². The third kappa shape index (κ3) is 4.46. The lowest BCUT2D eigenvalue weighted by Gasteiger charge is -2.20. The number of rotatable bonds is 6. The van der Waals surface area contributed by atoms with Crippen molar-refractivity contribution in [2.45, 2.75) is 13.8 Å². The summed E-state index contributed by atoms with van der Waals surface area (Å²) in [7, 11) is 2.87. The number of halogens is 1. The molecule has 0 aliphatic heterocycles. The molecule has 2 aromatic carbocycles. The molecule has 0 atom stereocenters. The summed E-state index contributed by atoms with van der Waals surface area (Å²) in [6.45, 7) is 4.06. The van der Waals surface area contributed by atoms with Crippen LogP contribution in [0.5, 0.6) is 23.0 Å². The summed E-state index contributed by atoms with van der Waals surface area (Å²) in [5.74, 6) is 0.533. The van der Waals surface area contributed by atoms with Gasteiger partial charge in [-0.25, -0.2) is 9.59 Å². The van der Waals surface area contributed by atoms with Gasteiger partial charge in [0.05, 0.1) is 13.2 Å². The summed E-state index contributed by atoms with van der Waals surface area (Å²) < 4.78 is 22.2. The van der Waals surface area contributed by atoms with Gasteiger partial charge >= 0.3 is 12.2 Å². The minimum Gasteiger partial charge on any atom is -0.487 e. The lowest BCUT2D eigenvalue weighted by Crippen LogP contribution is -2.24. The van der Waals surface area contributed by atoms with E-state index in [-0.39, 0.29) is 36.2 Å². The van der Waals surface area contributed by atoms with Crippen LogP contribution in [0.25, 0.3) is 10.8 Å². The van der Waals surface area contributed by atoms with Gasteiger partial charge in [-0.3, -0.25) is 0 Å². The average molecular weight is 397 g/mol. The molecular weight excluding hydrogens is 376 g/mol. The second-order valence-electron chi connectivity index (χ2n) is 5.15. The first-order valence-electron chi connectivity index (χ1n) is 8.30. The number of hydrogen-bond donors (Lipinski definition) is 2. The number of carbonyl (C=O) groups is 2. The zero-order valence-corrected chi connectivity index (χ0v) is 16.2. The van der Waals surface area contributed by atoms with Gasteiger partial charge < -0.3 is 29.6 Å². The minimum atomic E-state index is -0.695. The summed E-state index contributed by atoms with van der Waals surface area (Å²) in [5, 5.41) is 6.07. The van der Waals surface area contributed by atoms with Gasteiger partial charge in [0.15, 0.2) is 11.5 Å². The van der Waals surface area contributed by atoms with E-state index in [1.165, 1.54) is 14.1 Å². The smallest absolute Gasteiger partial charge is 0.412 e. The highest BCUT2D eigenvalue weighted by Crippen LogP contribution is 2.52. The average Bonchev–Trinajstić information content (AvgIpc) is 2.66. The molecular formula is C18H21ClN2O6. The molecule has 0 aliphatic carbocycles. The van der Waals surface area contributed by atoms with Crippen LogP contribution in [0.3, 0.4) is 0 Å². The van der Waals surface area contributed by atoms with Crippen LogP contribution in [0.2, 0.25) is 5.02 Å². The third-order valence-electron chi connectivity index (χ3n) is 3.46. The van der Waals surface area contributed by atoms with Crippen LogP contribution in [-0.2, 0) is 0 Å². The largest absolute Gasteiger partial charge is 0.487 e. The van der Waals surface area contributed by atoms with E-state index in [4.69, 9.17) is 30.5 Å². The maximum absolute atomic E-state index is 11.9. The molecule has 0 fully saturated rings. The molecule has 2 amide bonds. The van der Waals surface area contributed by atoms with Crippen molar-refractivity contribution in [1.29, 1.82) is 0 Å². The molecule has 0 saturated carbocycles. The van der Waals surface area contributed by atoms with Crippen molar-refractivity contribution in [3.63, 3.8) is 0 Å². The molecule has 0 heterocycles. The highest BCUT2D eigenvalue weighted by Gasteiger charge is 2.27. The van der Waals surface area contributed by atoms with Gasteiger partial charge in [0.1, 0.15) is 0 Å². The highest BCUT2D eigenvalue weighted by molar-refractivity contribution is 6.31. The van der Waals surface area contributed by atoms with Crippen molar-refractivity contribution in [2.24, 2.45) is 0 Å². The normalized spacial score (nSPS) is 10.3. The van der Waals surface area contributed by atoms with Crippen molar-refractivity contribution < 1.29 is 28.5 Å². The van der Waals surface area contributed by atoms with Crippen molar-refractivity contribution in [3.8, 4) is 23.0 Å². The Bertz CT molecular complexity index is 856. The second kappa shape index (κ2) is 9.18. The number of amides is 2. The fourth-order valence-electron chi connectivity index (χ4n) is 2.39. The minimum absolute atomic E-state index is 0.112. The number of nitrogens with one attached hydrogen (secondary N) is 2. The molecule has 0 saturated heterocycles. The molecule has 27 heavy (non-hydrogen) atoms. The van der Waals surface area contributed by atoms with E-state index < -0.39 is 12.2 Å². The Morgan fingerprint density at radius 2 is 1.33 bits per heavy atom. The molecule has 9 heteroatoms. The number of fused-ring (bicyclic) bond motifs is 1. The molecule has 0 spiro atoms. The van der Waals surface area contributed by atoms with Crippen LogP contribution in [0.15, 0.2) is 18.2 Å². The molecule has 0 unspecified atom stereocenters. The van der Waals surface area contributed by atoms with Gasteiger partial charge in [0.2, 0.25) is 11.5 Å². The van der Waals surface area contributed by atoms with Crippen molar-refractivity contribution >= 4 is 34.6 Å². The maximum Gasteiger partial charge on any atom is 0.412 e. The molecule has 2 aromatic rings. The molecule has 8 nitrogen and oxygen atoms in total. The quantitative estimate of drug-likeness (QED) is 0.772. The number of carbonyl (C=O) groups excluding carboxylic acids is 2. The van der Waals surface area contributed by atoms with E-state index in [1.54, 1.807) is 32.0 Å². The van der Waals surface area contributed by atoms with Crippen molar-refractivity contribution in [1.82, 2.24) is 10.6 Å². The summed E-state index contributed by atoms with van der Waals surface area (Å²) in [5.41, 5.74) is 0. The van der Waals surface area contributed by atoms with Gasteiger partial charge in [-0.1, -0.05) is 11.6 Å². The Balaban J connectivity index is 2.89. The van der Waals surface area contributed by atoms with E-state index in [2.05, 4.69) is 10.6 Å². The van der Waals surface area contributed by atoms with Gasteiger partial charge in [-0.05, 0) is 32.0 Å². The van der Waals surface area contributed by atoms with E-state index in [9.17, 15) is 9.59 Å². The topological polar surface area (TPSA) is 95.1 Å². The molecule has 2 N–H and O–H groups in total. The Hall–Kier alpha value is -2.87. The molecule has 0 aromatic heterocycles. The van der Waals surface area contributed by atoms with E-state index >= 15 is 0 Å². The predicted molar refractivity (Wildman–Crippen MR) is 101 cm³/mol. The zero-order valence-electron chi connectivity index (χ0n) is 15.5. The summed E-state index contributed by atoms with van der Waals surface area (Å²) in [6.07, 6.45) is -1.38. The fraction of sp³-hybridized carbons (Fsp3) is 0.333. The van der Waals surface area contributed by atoms with Crippen LogP contribution in [0.4, 0.5) is 9.59 Å². The van der Waals surface area contributed by atoms with Gasteiger partial charge in [-0.15, -0.1) is 0 Å². The zero-order chi connectivity index (χ0) is 20.0. The van der Waals surface area contributed by atoms with Crippen LogP contribution >= 0.6 is 11.6 Å². The highest BCUT2D eigenvalue weighted by atomic mass is 35.5. The van der Waals surface area contributed by atoms with Crippen LogP contribution in [0, 0.1) is 0 Å². The maximum atomic E-state index is 11.9. The van der Waals surface area contributed by atoms with Crippen LogP contribution in [-0.4, -0.2) is 39.5 Å². The Morgan fingerprint density at radius 3 is 1.78 bits per heavy atom. The summed E-state index contributed by atoms with van der Waals surface area (Å²) >= 11 is 6.13. The summed E-state index contributed by atoms with van der Waals surface area (Å²) in [6, 6.07) is 4.86. The summed E-state index contributed by atoms with van der Waals surface area (Å²) in [4.78, 5) is 23.8. The van der Waals surface area contributed by atoms with Gasteiger partial charge in [0.25, 0.3) is 0 Å². The third-order valence-corrected chi connectivity index (χ3v) is 3.70. The first-order chi connectivity index (χ1) is 13.0. The van der Waals surface area contributed by atoms with E-state index in [0.717, 1.165) is 0 Å². The Kier molecular flexibility index (Phi) is 6.95. The lowest BCUT2D eigenvalue weighted by molar-refractivity contribution is 0.194. The van der Waals surface area contributed by atoms with Crippen LogP contribution < -0.4 is 29.6 Å². The van der Waals surface area contributed by atoms with Crippen molar-refractivity contribution in [2.75, 3.05) is 27.3 Å². The second-order valence-corrected chi connectivity index (χ2v) is 5.59. The number of ether oxygens (including phenoxy) is 4. The van der Waals surface area contributed by atoms with E-state index in [1.807, 2.05) is 0 Å². The molecule has 0 radical (unpaired) electrons. The first kappa shape index (κ1) is 20.4. The first-order valence-corrected chi connectivity index (χ1v) is 8.68. The Labute approximate surface area is 161 Å².